The number of rotatable bonds is 10. The number of likely N-dealkylation sites (N-methyl/N-ethyl adjacent to an activating group) is 1. The van der Waals surface area contributed by atoms with Gasteiger partial charge in [-0.3, -0.25) is 34.0 Å². The van der Waals surface area contributed by atoms with Gasteiger partial charge in [-0.15, -0.1) is 0 Å². The Bertz CT molecular complexity index is 2330. The number of cyclic esters (lactones) is 1. The molecule has 7 rings (SSSR count). The molecule has 6 heterocycles. The van der Waals surface area contributed by atoms with Crippen LogP contribution in [0.4, 0.5) is 0 Å². The number of ether oxygens (including phenoxy) is 2. The predicted molar refractivity (Wildman–Crippen MR) is 242 cm³/mol. The number of aryl methyl sites for hydroxylation is 1. The maximum absolute atomic E-state index is 14.2. The molecule has 344 valence electrons. The Labute approximate surface area is 375 Å². The number of aromatic nitrogens is 3. The van der Waals surface area contributed by atoms with E-state index in [1.54, 1.807) is 19.5 Å². The summed E-state index contributed by atoms with van der Waals surface area (Å²) in [5.74, 6) is -0.808. The summed E-state index contributed by atoms with van der Waals surface area (Å²) in [6.45, 7) is 18.3. The van der Waals surface area contributed by atoms with E-state index in [9.17, 15) is 24.0 Å². The smallest absolute Gasteiger partial charge is 0.324 e. The highest BCUT2D eigenvalue weighted by Gasteiger charge is 2.37. The first-order chi connectivity index (χ1) is 30.6. The van der Waals surface area contributed by atoms with Crippen molar-refractivity contribution in [3.05, 3.63) is 72.5 Å². The summed E-state index contributed by atoms with van der Waals surface area (Å²) in [6.07, 6.45) is 8.96. The first kappa shape index (κ1) is 47.6. The van der Waals surface area contributed by atoms with Crippen molar-refractivity contribution in [2.45, 2.75) is 111 Å². The van der Waals surface area contributed by atoms with Gasteiger partial charge in [-0.25, -0.2) is 10.4 Å². The Balaban J connectivity index is 0.000000673. The first-order valence-electron chi connectivity index (χ1n) is 22.3. The maximum Gasteiger partial charge on any atom is 0.324 e. The third-order valence-corrected chi connectivity index (χ3v) is 12.2. The number of methoxy groups -OCH3 is 1. The van der Waals surface area contributed by atoms with Gasteiger partial charge in [-0.05, 0) is 93.8 Å². The number of pyridine rings is 1. The van der Waals surface area contributed by atoms with Crippen LogP contribution in [-0.4, -0.2) is 118 Å². The Hall–Kier alpha value is -5.87. The minimum atomic E-state index is -1.11. The van der Waals surface area contributed by atoms with Gasteiger partial charge in [0.15, 0.2) is 11.7 Å². The molecule has 2 fully saturated rings. The SMILES string of the molecule is C=CC(=O)N1CCCC1.CCn1c(-c2cccnc2C(C)OC)c2c3cc(ccc31)-c1cnc(o1)CC(NC(=O)C(C(C)C)N(C)C=O)C(=O)N1CCC[C@H](N1)C(=O)OCC(C)(C)C2. The summed E-state index contributed by atoms with van der Waals surface area (Å²) < 4.78 is 20.4. The summed E-state index contributed by atoms with van der Waals surface area (Å²) in [5.41, 5.74) is 8.27. The Morgan fingerprint density at radius 1 is 1.11 bits per heavy atom. The van der Waals surface area contributed by atoms with Crippen LogP contribution in [0, 0.1) is 11.3 Å². The lowest BCUT2D eigenvalue weighted by Gasteiger charge is -2.36. The molecule has 0 radical (unpaired) electrons. The van der Waals surface area contributed by atoms with Crippen LogP contribution in [0.1, 0.15) is 90.5 Å². The summed E-state index contributed by atoms with van der Waals surface area (Å²) in [6, 6.07) is 7.48. The molecule has 16 heteroatoms. The number of hydrazine groups is 1. The summed E-state index contributed by atoms with van der Waals surface area (Å²) in [5, 5.41) is 5.26. The Morgan fingerprint density at radius 3 is 2.53 bits per heavy atom. The average Bonchev–Trinajstić information content (AvgIpc) is 4.07. The fourth-order valence-corrected chi connectivity index (χ4v) is 8.91. The maximum atomic E-state index is 14.2. The minimum absolute atomic E-state index is 0.0625. The molecule has 0 aliphatic carbocycles. The molecule has 2 saturated heterocycles. The lowest BCUT2D eigenvalue weighted by Crippen LogP contribution is -2.62. The van der Waals surface area contributed by atoms with Crippen molar-refractivity contribution in [2.24, 2.45) is 11.3 Å². The van der Waals surface area contributed by atoms with Crippen LogP contribution >= 0.6 is 0 Å². The van der Waals surface area contributed by atoms with E-state index >= 15 is 0 Å². The molecule has 16 nitrogen and oxygen atoms in total. The molecule has 6 bridgehead atoms. The third kappa shape index (κ3) is 10.6. The van der Waals surface area contributed by atoms with Gasteiger partial charge >= 0.3 is 5.97 Å². The summed E-state index contributed by atoms with van der Waals surface area (Å²) >= 11 is 0. The standard InChI is InChI=1S/C41H53N7O7.C7H11NO/c1-9-47-32-15-14-26-18-28(32)29(37(47)27-12-10-16-42-35(27)25(4)53-8)20-41(5,6)22-54-40(52)30-13-11-17-48(45-30)39(51)31(19-34-43-21-33(26)55-34)44-38(50)36(24(2)3)46(7)23-49;1-2-7(9)8-5-3-4-6-8/h10,12,14-16,18,21,23-25,30-31,36,45H,9,11,13,17,19-20,22H2,1-8H3,(H,44,50);2H,1,3-6H2/t25?,30-,31?,36?;/m0./s1. The fraction of sp³-hybridized carbons (Fsp3) is 0.521. The molecule has 1 aromatic carbocycles. The normalized spacial score (nSPS) is 19.8. The zero-order valence-corrected chi connectivity index (χ0v) is 38.5. The number of oxazole rings is 1. The van der Waals surface area contributed by atoms with Gasteiger partial charge in [-0.1, -0.05) is 34.3 Å². The zero-order chi connectivity index (χ0) is 46.3. The molecule has 3 aliphatic heterocycles. The van der Waals surface area contributed by atoms with E-state index < -0.39 is 41.3 Å². The molecular weight excluding hydrogens is 817 g/mol. The Morgan fingerprint density at radius 2 is 1.86 bits per heavy atom. The molecule has 0 spiro atoms. The second-order valence-corrected chi connectivity index (χ2v) is 18.0. The minimum Gasteiger partial charge on any atom is -0.464 e. The van der Waals surface area contributed by atoms with Crippen molar-refractivity contribution < 1.29 is 37.9 Å². The third-order valence-electron chi connectivity index (χ3n) is 12.2. The predicted octanol–water partition coefficient (Wildman–Crippen LogP) is 5.64. The van der Waals surface area contributed by atoms with E-state index in [1.165, 1.54) is 23.0 Å². The Kier molecular flexibility index (Phi) is 15.4. The van der Waals surface area contributed by atoms with Crippen molar-refractivity contribution in [3.63, 3.8) is 0 Å². The molecule has 3 unspecified atom stereocenters. The zero-order valence-electron chi connectivity index (χ0n) is 38.5. The number of hydrogen-bond acceptors (Lipinski definition) is 11. The van der Waals surface area contributed by atoms with Crippen molar-refractivity contribution in [2.75, 3.05) is 40.4 Å². The van der Waals surface area contributed by atoms with E-state index in [0.717, 1.165) is 64.9 Å². The number of esters is 1. The molecular formula is C48H64N8O8. The van der Waals surface area contributed by atoms with E-state index in [2.05, 4.69) is 65.8 Å². The highest BCUT2D eigenvalue weighted by molar-refractivity contribution is 5.95. The van der Waals surface area contributed by atoms with Crippen LogP contribution in [0.2, 0.25) is 0 Å². The number of nitrogens with one attached hydrogen (secondary N) is 2. The van der Waals surface area contributed by atoms with Gasteiger partial charge in [0.05, 0.1) is 36.7 Å². The van der Waals surface area contributed by atoms with E-state index in [1.807, 2.05) is 37.8 Å². The lowest BCUT2D eigenvalue weighted by molar-refractivity contribution is -0.155. The topological polar surface area (TPSA) is 181 Å². The number of nitrogens with zero attached hydrogens (tertiary/aromatic N) is 6. The molecule has 4 atom stereocenters. The number of carbonyl (C=O) groups is 5. The van der Waals surface area contributed by atoms with Crippen LogP contribution in [0.3, 0.4) is 0 Å². The highest BCUT2D eigenvalue weighted by Crippen LogP contribution is 2.42. The molecule has 4 aromatic rings. The largest absolute Gasteiger partial charge is 0.464 e. The molecule has 64 heavy (non-hydrogen) atoms. The molecule has 0 saturated carbocycles. The average molecular weight is 881 g/mol. The number of benzene rings is 1. The van der Waals surface area contributed by atoms with E-state index in [4.69, 9.17) is 18.9 Å². The summed E-state index contributed by atoms with van der Waals surface area (Å²) in [4.78, 5) is 76.5. The van der Waals surface area contributed by atoms with Gasteiger partial charge in [0, 0.05) is 74.0 Å². The van der Waals surface area contributed by atoms with Crippen molar-refractivity contribution in [1.82, 2.24) is 40.1 Å². The van der Waals surface area contributed by atoms with Crippen LogP contribution in [0.5, 0.6) is 0 Å². The summed E-state index contributed by atoms with van der Waals surface area (Å²) in [7, 11) is 3.21. The van der Waals surface area contributed by atoms with Gasteiger partial charge < -0.3 is 33.6 Å². The lowest BCUT2D eigenvalue weighted by atomic mass is 9.84. The highest BCUT2D eigenvalue weighted by atomic mass is 16.5. The molecule has 3 aliphatic rings. The van der Waals surface area contributed by atoms with Gasteiger partial charge in [-0.2, -0.15) is 0 Å². The number of carbonyl (C=O) groups excluding carboxylic acids is 5. The molecule has 4 amide bonds. The van der Waals surface area contributed by atoms with Crippen LogP contribution in [0.15, 0.2) is 59.8 Å². The molecule has 3 aromatic heterocycles. The second kappa shape index (κ2) is 20.8. The van der Waals surface area contributed by atoms with Crippen molar-refractivity contribution in [1.29, 1.82) is 0 Å². The monoisotopic (exact) mass is 880 g/mol. The fourth-order valence-electron chi connectivity index (χ4n) is 8.91. The number of hydrogen-bond donors (Lipinski definition) is 2. The quantitative estimate of drug-likeness (QED) is 0.114. The number of likely N-dealkylation sites (tertiary alicyclic amines) is 1. The number of fused-ring (bicyclic) bond motifs is 6. The van der Waals surface area contributed by atoms with E-state index in [0.29, 0.717) is 44.5 Å². The van der Waals surface area contributed by atoms with Crippen molar-refractivity contribution in [3.8, 4) is 22.6 Å². The van der Waals surface area contributed by atoms with E-state index in [-0.39, 0.29) is 36.8 Å². The van der Waals surface area contributed by atoms with Crippen LogP contribution in [0.25, 0.3) is 33.5 Å². The van der Waals surface area contributed by atoms with Gasteiger partial charge in [0.1, 0.15) is 18.1 Å². The van der Waals surface area contributed by atoms with Crippen molar-refractivity contribution >= 4 is 41.0 Å². The van der Waals surface area contributed by atoms with Gasteiger partial charge in [0.2, 0.25) is 18.2 Å². The molecule has 2 N–H and O–H groups in total. The number of amides is 4. The van der Waals surface area contributed by atoms with Crippen LogP contribution < -0.4 is 10.7 Å². The second-order valence-electron chi connectivity index (χ2n) is 18.0. The van der Waals surface area contributed by atoms with Crippen LogP contribution in [-0.2, 0) is 52.8 Å². The first-order valence-corrected chi connectivity index (χ1v) is 22.3. The van der Waals surface area contributed by atoms with Gasteiger partial charge in [0.25, 0.3) is 5.91 Å².